The molecule has 1 aliphatic rings. The zero-order valence-corrected chi connectivity index (χ0v) is 18.1. The van der Waals surface area contributed by atoms with E-state index in [1.165, 1.54) is 0 Å². The number of hydrogen-bond donors (Lipinski definition) is 1. The Morgan fingerprint density at radius 1 is 1.19 bits per heavy atom. The molecule has 2 heterocycles. The standard InChI is InChI=1S/C23H25ClN4O3/c1-2-30-20-10-6-5-9-19(20)25-23(29)16-11-13-28(14-12-16)15-21-26-22(27-31-21)17-7-3-4-8-18(17)24/h3-10,16H,2,11-15H2,1H3,(H,25,29). The molecule has 1 aromatic heterocycles. The number of halogens is 1. The number of anilines is 1. The van der Waals surface area contributed by atoms with E-state index in [4.69, 9.17) is 20.9 Å². The Hall–Kier alpha value is -2.90. The summed E-state index contributed by atoms with van der Waals surface area (Å²) in [5.74, 6) is 1.73. The molecule has 0 aliphatic carbocycles. The smallest absolute Gasteiger partial charge is 0.241 e. The number of carbonyl (C=O) groups excluding carboxylic acids is 1. The van der Waals surface area contributed by atoms with Crippen molar-refractivity contribution in [3.8, 4) is 17.1 Å². The molecule has 1 N–H and O–H groups in total. The van der Waals surface area contributed by atoms with Crippen LogP contribution in [0.15, 0.2) is 53.1 Å². The van der Waals surface area contributed by atoms with Crippen LogP contribution in [0, 0.1) is 5.92 Å². The minimum atomic E-state index is -0.0349. The number of rotatable bonds is 7. The zero-order valence-electron chi connectivity index (χ0n) is 17.4. The van der Waals surface area contributed by atoms with E-state index in [0.717, 1.165) is 37.2 Å². The maximum Gasteiger partial charge on any atom is 0.241 e. The molecule has 1 fully saturated rings. The van der Waals surface area contributed by atoms with Crippen LogP contribution in [-0.4, -0.2) is 40.6 Å². The van der Waals surface area contributed by atoms with Crippen molar-refractivity contribution >= 4 is 23.2 Å². The van der Waals surface area contributed by atoms with Gasteiger partial charge in [-0.1, -0.05) is 41.0 Å². The minimum absolute atomic E-state index is 0.0330. The predicted molar refractivity (Wildman–Crippen MR) is 119 cm³/mol. The van der Waals surface area contributed by atoms with Gasteiger partial charge >= 0.3 is 0 Å². The first-order chi connectivity index (χ1) is 15.1. The summed E-state index contributed by atoms with van der Waals surface area (Å²) in [6.45, 7) is 4.61. The fourth-order valence-corrected chi connectivity index (χ4v) is 3.92. The summed E-state index contributed by atoms with van der Waals surface area (Å²) in [6.07, 6.45) is 1.54. The van der Waals surface area contributed by atoms with Crippen LogP contribution in [0.25, 0.3) is 11.4 Å². The van der Waals surface area contributed by atoms with Gasteiger partial charge in [0.1, 0.15) is 5.75 Å². The van der Waals surface area contributed by atoms with E-state index in [1.807, 2.05) is 49.4 Å². The molecule has 0 saturated carbocycles. The van der Waals surface area contributed by atoms with Gasteiger partial charge in [0.05, 0.1) is 23.9 Å². The average Bonchev–Trinajstić information content (AvgIpc) is 3.24. The van der Waals surface area contributed by atoms with Crippen molar-refractivity contribution in [2.45, 2.75) is 26.3 Å². The SMILES string of the molecule is CCOc1ccccc1NC(=O)C1CCN(Cc2nc(-c3ccccc3Cl)no2)CC1. The molecule has 7 nitrogen and oxygen atoms in total. The zero-order chi connectivity index (χ0) is 21.6. The molecule has 162 valence electrons. The summed E-state index contributed by atoms with van der Waals surface area (Å²) in [5, 5.41) is 7.66. The Kier molecular flexibility index (Phi) is 6.84. The number of piperidine rings is 1. The Labute approximate surface area is 186 Å². The Morgan fingerprint density at radius 2 is 1.94 bits per heavy atom. The number of nitrogens with zero attached hydrogens (tertiary/aromatic N) is 3. The van der Waals surface area contributed by atoms with E-state index in [1.54, 1.807) is 6.07 Å². The lowest BCUT2D eigenvalue weighted by atomic mass is 9.96. The summed E-state index contributed by atoms with van der Waals surface area (Å²) in [5.41, 5.74) is 1.47. The number of para-hydroxylation sites is 2. The van der Waals surface area contributed by atoms with Gasteiger partial charge in [0.2, 0.25) is 17.6 Å². The molecule has 0 radical (unpaired) electrons. The largest absolute Gasteiger partial charge is 0.492 e. The molecule has 1 aliphatic heterocycles. The first-order valence-electron chi connectivity index (χ1n) is 10.5. The highest BCUT2D eigenvalue weighted by atomic mass is 35.5. The van der Waals surface area contributed by atoms with E-state index in [9.17, 15) is 4.79 Å². The second kappa shape index (κ2) is 9.94. The highest BCUT2D eigenvalue weighted by Gasteiger charge is 2.26. The molecular formula is C23H25ClN4O3. The summed E-state index contributed by atoms with van der Waals surface area (Å²) >= 11 is 6.21. The first-order valence-corrected chi connectivity index (χ1v) is 10.8. The molecule has 3 aromatic rings. The van der Waals surface area contributed by atoms with E-state index < -0.39 is 0 Å². The van der Waals surface area contributed by atoms with Gasteiger partial charge in [-0.25, -0.2) is 0 Å². The minimum Gasteiger partial charge on any atom is -0.492 e. The molecule has 31 heavy (non-hydrogen) atoms. The third kappa shape index (κ3) is 5.24. The van der Waals surface area contributed by atoms with Gasteiger partial charge in [0, 0.05) is 11.5 Å². The van der Waals surface area contributed by atoms with Crippen molar-refractivity contribution in [1.29, 1.82) is 0 Å². The second-order valence-electron chi connectivity index (χ2n) is 7.46. The van der Waals surface area contributed by atoms with Crippen LogP contribution in [0.1, 0.15) is 25.7 Å². The van der Waals surface area contributed by atoms with E-state index >= 15 is 0 Å². The van der Waals surface area contributed by atoms with Crippen molar-refractivity contribution in [2.75, 3.05) is 25.0 Å². The van der Waals surface area contributed by atoms with Crippen LogP contribution < -0.4 is 10.1 Å². The van der Waals surface area contributed by atoms with E-state index in [2.05, 4.69) is 20.4 Å². The normalized spacial score (nSPS) is 15.0. The van der Waals surface area contributed by atoms with Gasteiger partial charge in [0.25, 0.3) is 0 Å². The molecule has 1 saturated heterocycles. The Bertz CT molecular complexity index is 1030. The Morgan fingerprint density at radius 3 is 2.71 bits per heavy atom. The summed E-state index contributed by atoms with van der Waals surface area (Å²) in [4.78, 5) is 19.4. The van der Waals surface area contributed by atoms with Crippen molar-refractivity contribution in [3.63, 3.8) is 0 Å². The number of amides is 1. The topological polar surface area (TPSA) is 80.5 Å². The molecule has 1 amide bonds. The molecule has 0 spiro atoms. The lowest BCUT2D eigenvalue weighted by molar-refractivity contribution is -0.121. The Balaban J connectivity index is 1.30. The third-order valence-corrected chi connectivity index (χ3v) is 5.67. The quantitative estimate of drug-likeness (QED) is 0.576. The van der Waals surface area contributed by atoms with Crippen LogP contribution in [0.4, 0.5) is 5.69 Å². The molecule has 2 aromatic carbocycles. The van der Waals surface area contributed by atoms with Crippen LogP contribution in [0.2, 0.25) is 5.02 Å². The number of nitrogens with one attached hydrogen (secondary N) is 1. The lowest BCUT2D eigenvalue weighted by Crippen LogP contribution is -2.37. The first kappa shape index (κ1) is 21.3. The molecule has 8 heteroatoms. The highest BCUT2D eigenvalue weighted by molar-refractivity contribution is 6.33. The second-order valence-corrected chi connectivity index (χ2v) is 7.87. The van der Waals surface area contributed by atoms with Crippen molar-refractivity contribution in [3.05, 3.63) is 59.4 Å². The van der Waals surface area contributed by atoms with Crippen molar-refractivity contribution in [2.24, 2.45) is 5.92 Å². The van der Waals surface area contributed by atoms with Crippen LogP contribution in [0.5, 0.6) is 5.75 Å². The number of aromatic nitrogens is 2. The molecule has 0 bridgehead atoms. The number of ether oxygens (including phenoxy) is 1. The number of hydrogen-bond acceptors (Lipinski definition) is 6. The monoisotopic (exact) mass is 440 g/mol. The summed E-state index contributed by atoms with van der Waals surface area (Å²) in [7, 11) is 0. The fourth-order valence-electron chi connectivity index (χ4n) is 3.70. The molecule has 0 atom stereocenters. The predicted octanol–water partition coefficient (Wildman–Crippen LogP) is 4.64. The molecule has 0 unspecified atom stereocenters. The van der Waals surface area contributed by atoms with Crippen LogP contribution in [-0.2, 0) is 11.3 Å². The lowest BCUT2D eigenvalue weighted by Gasteiger charge is -2.30. The van der Waals surface area contributed by atoms with Crippen LogP contribution >= 0.6 is 11.6 Å². The van der Waals surface area contributed by atoms with Gasteiger partial charge in [-0.05, 0) is 57.1 Å². The molecule has 4 rings (SSSR count). The van der Waals surface area contributed by atoms with Gasteiger partial charge in [-0.15, -0.1) is 0 Å². The van der Waals surface area contributed by atoms with Gasteiger partial charge in [-0.3, -0.25) is 9.69 Å². The number of benzene rings is 2. The summed E-state index contributed by atoms with van der Waals surface area (Å²) in [6, 6.07) is 14.9. The number of carbonyl (C=O) groups is 1. The molecular weight excluding hydrogens is 416 g/mol. The average molecular weight is 441 g/mol. The van der Waals surface area contributed by atoms with Crippen LogP contribution in [0.3, 0.4) is 0 Å². The maximum absolute atomic E-state index is 12.7. The van der Waals surface area contributed by atoms with Gasteiger partial charge in [0.15, 0.2) is 0 Å². The summed E-state index contributed by atoms with van der Waals surface area (Å²) < 4.78 is 11.0. The number of likely N-dealkylation sites (tertiary alicyclic amines) is 1. The van der Waals surface area contributed by atoms with Crippen molar-refractivity contribution in [1.82, 2.24) is 15.0 Å². The highest BCUT2D eigenvalue weighted by Crippen LogP contribution is 2.27. The van der Waals surface area contributed by atoms with E-state index in [0.29, 0.717) is 35.6 Å². The maximum atomic E-state index is 12.7. The van der Waals surface area contributed by atoms with E-state index in [-0.39, 0.29) is 11.8 Å². The van der Waals surface area contributed by atoms with Gasteiger partial charge < -0.3 is 14.6 Å². The van der Waals surface area contributed by atoms with Gasteiger partial charge in [-0.2, -0.15) is 4.98 Å². The third-order valence-electron chi connectivity index (χ3n) is 5.34. The fraction of sp³-hybridized carbons (Fsp3) is 0.348. The van der Waals surface area contributed by atoms with Crippen molar-refractivity contribution < 1.29 is 14.1 Å².